The smallest absolute Gasteiger partial charge is 0.238 e. The minimum atomic E-state index is 0.452. The summed E-state index contributed by atoms with van der Waals surface area (Å²) >= 11 is 0. The lowest BCUT2D eigenvalue weighted by atomic mass is 10.3. The summed E-state index contributed by atoms with van der Waals surface area (Å²) in [7, 11) is 1.56. The number of hydrogen-bond donors (Lipinski definition) is 2. The normalized spacial score (nSPS) is 10.6. The fourth-order valence-electron chi connectivity index (χ4n) is 2.06. The SMILES string of the molecule is COc1nc(NCCCn2nc(C)cc2C)ccc1N. The number of aromatic nitrogens is 3. The van der Waals surface area contributed by atoms with Gasteiger partial charge in [-0.05, 0) is 38.5 Å². The first-order chi connectivity index (χ1) is 9.60. The van der Waals surface area contributed by atoms with Gasteiger partial charge in [-0.15, -0.1) is 0 Å². The van der Waals surface area contributed by atoms with Gasteiger partial charge in [-0.2, -0.15) is 10.1 Å². The summed E-state index contributed by atoms with van der Waals surface area (Å²) in [6.45, 7) is 5.78. The van der Waals surface area contributed by atoms with E-state index in [1.807, 2.05) is 17.7 Å². The molecular weight excluding hydrogens is 254 g/mol. The molecule has 0 aliphatic rings. The molecule has 0 bridgehead atoms. The van der Waals surface area contributed by atoms with Gasteiger partial charge in [-0.25, -0.2) is 0 Å². The Morgan fingerprint density at radius 2 is 2.15 bits per heavy atom. The maximum Gasteiger partial charge on any atom is 0.238 e. The second-order valence-electron chi connectivity index (χ2n) is 4.73. The molecule has 6 heteroatoms. The number of nitrogen functional groups attached to an aromatic ring is 1. The van der Waals surface area contributed by atoms with E-state index in [0.717, 1.165) is 31.0 Å². The molecule has 2 heterocycles. The minimum absolute atomic E-state index is 0.452. The van der Waals surface area contributed by atoms with Gasteiger partial charge in [0.05, 0.1) is 18.5 Å². The van der Waals surface area contributed by atoms with Crippen LogP contribution in [0.25, 0.3) is 0 Å². The quantitative estimate of drug-likeness (QED) is 0.788. The number of ether oxygens (including phenoxy) is 1. The van der Waals surface area contributed by atoms with Gasteiger partial charge in [-0.3, -0.25) is 4.68 Å². The van der Waals surface area contributed by atoms with E-state index in [1.165, 1.54) is 5.69 Å². The van der Waals surface area contributed by atoms with Crippen LogP contribution in [0.1, 0.15) is 17.8 Å². The summed E-state index contributed by atoms with van der Waals surface area (Å²) in [5, 5.41) is 7.69. The predicted molar refractivity (Wildman–Crippen MR) is 80.0 cm³/mol. The van der Waals surface area contributed by atoms with Crippen LogP contribution in [0.5, 0.6) is 5.88 Å². The highest BCUT2D eigenvalue weighted by molar-refractivity contribution is 5.53. The van der Waals surface area contributed by atoms with Crippen molar-refractivity contribution in [2.45, 2.75) is 26.8 Å². The van der Waals surface area contributed by atoms with Crippen LogP contribution >= 0.6 is 0 Å². The standard InChI is InChI=1S/C14H21N5O/c1-10-9-11(2)19(18-10)8-4-7-16-13-6-5-12(15)14(17-13)20-3/h5-6,9H,4,7-8,15H2,1-3H3,(H,16,17). The van der Waals surface area contributed by atoms with Crippen molar-refractivity contribution < 1.29 is 4.74 Å². The van der Waals surface area contributed by atoms with Crippen LogP contribution in [0.3, 0.4) is 0 Å². The van der Waals surface area contributed by atoms with Gasteiger partial charge in [0.25, 0.3) is 0 Å². The molecule has 0 aliphatic heterocycles. The molecule has 20 heavy (non-hydrogen) atoms. The average Bonchev–Trinajstić information content (AvgIpc) is 2.75. The largest absolute Gasteiger partial charge is 0.479 e. The van der Waals surface area contributed by atoms with Gasteiger partial charge in [0.15, 0.2) is 0 Å². The van der Waals surface area contributed by atoms with Crippen molar-refractivity contribution in [2.24, 2.45) is 0 Å². The number of nitrogens with one attached hydrogen (secondary N) is 1. The van der Waals surface area contributed by atoms with Gasteiger partial charge in [0, 0.05) is 18.8 Å². The third kappa shape index (κ3) is 3.40. The highest BCUT2D eigenvalue weighted by atomic mass is 16.5. The minimum Gasteiger partial charge on any atom is -0.479 e. The fourth-order valence-corrected chi connectivity index (χ4v) is 2.06. The van der Waals surface area contributed by atoms with E-state index >= 15 is 0 Å². The Morgan fingerprint density at radius 1 is 1.35 bits per heavy atom. The third-order valence-electron chi connectivity index (χ3n) is 3.04. The Hall–Kier alpha value is -2.24. The van der Waals surface area contributed by atoms with E-state index < -0.39 is 0 Å². The zero-order chi connectivity index (χ0) is 14.5. The summed E-state index contributed by atoms with van der Waals surface area (Å²) in [4.78, 5) is 4.28. The van der Waals surface area contributed by atoms with E-state index in [9.17, 15) is 0 Å². The van der Waals surface area contributed by atoms with Crippen LogP contribution in [0.15, 0.2) is 18.2 Å². The summed E-state index contributed by atoms with van der Waals surface area (Å²) in [5.74, 6) is 1.22. The molecular formula is C14H21N5O. The maximum absolute atomic E-state index is 5.72. The Bertz CT molecular complexity index is 579. The molecule has 0 aromatic carbocycles. The van der Waals surface area contributed by atoms with E-state index in [1.54, 1.807) is 13.2 Å². The zero-order valence-corrected chi connectivity index (χ0v) is 12.2. The zero-order valence-electron chi connectivity index (χ0n) is 12.2. The average molecular weight is 275 g/mol. The molecule has 0 unspecified atom stereocenters. The molecule has 0 radical (unpaired) electrons. The van der Waals surface area contributed by atoms with Crippen LogP contribution in [0, 0.1) is 13.8 Å². The molecule has 2 rings (SSSR count). The second-order valence-corrected chi connectivity index (χ2v) is 4.73. The van der Waals surface area contributed by atoms with Crippen molar-refractivity contribution in [3.63, 3.8) is 0 Å². The second kappa shape index (κ2) is 6.27. The monoisotopic (exact) mass is 275 g/mol. The number of nitrogens with zero attached hydrogens (tertiary/aromatic N) is 3. The molecule has 108 valence electrons. The summed E-state index contributed by atoms with van der Waals surface area (Å²) in [5.41, 5.74) is 8.51. The lowest BCUT2D eigenvalue weighted by molar-refractivity contribution is 0.401. The van der Waals surface area contributed by atoms with Gasteiger partial charge < -0.3 is 15.8 Å². The number of hydrogen-bond acceptors (Lipinski definition) is 5. The Kier molecular flexibility index (Phi) is 4.45. The van der Waals surface area contributed by atoms with Crippen molar-refractivity contribution in [3.05, 3.63) is 29.6 Å². The fraction of sp³-hybridized carbons (Fsp3) is 0.429. The summed E-state index contributed by atoms with van der Waals surface area (Å²) in [6.07, 6.45) is 0.969. The van der Waals surface area contributed by atoms with E-state index in [4.69, 9.17) is 10.5 Å². The Labute approximate surface area is 119 Å². The Balaban J connectivity index is 1.83. The number of nitrogens with two attached hydrogens (primary N) is 1. The highest BCUT2D eigenvalue weighted by Crippen LogP contribution is 2.19. The van der Waals surface area contributed by atoms with E-state index in [2.05, 4.69) is 28.4 Å². The summed E-state index contributed by atoms with van der Waals surface area (Å²) in [6, 6.07) is 5.72. The first-order valence-corrected chi connectivity index (χ1v) is 6.65. The summed E-state index contributed by atoms with van der Waals surface area (Å²) < 4.78 is 7.11. The molecule has 0 saturated carbocycles. The predicted octanol–water partition coefficient (Wildman–Crippen LogP) is 1.99. The lowest BCUT2D eigenvalue weighted by Gasteiger charge is -2.09. The molecule has 2 aromatic heterocycles. The van der Waals surface area contributed by atoms with Crippen molar-refractivity contribution >= 4 is 11.5 Å². The van der Waals surface area contributed by atoms with Gasteiger partial charge in [-0.1, -0.05) is 0 Å². The van der Waals surface area contributed by atoms with E-state index in [-0.39, 0.29) is 0 Å². The number of aryl methyl sites for hydroxylation is 3. The molecule has 6 nitrogen and oxygen atoms in total. The molecule has 0 aliphatic carbocycles. The highest BCUT2D eigenvalue weighted by Gasteiger charge is 2.03. The molecule has 3 N–H and O–H groups in total. The van der Waals surface area contributed by atoms with Crippen LogP contribution in [0.4, 0.5) is 11.5 Å². The topological polar surface area (TPSA) is 78.0 Å². The first kappa shape index (κ1) is 14.2. The third-order valence-corrected chi connectivity index (χ3v) is 3.04. The number of rotatable bonds is 6. The molecule has 2 aromatic rings. The number of pyridine rings is 1. The van der Waals surface area contributed by atoms with Gasteiger partial charge in [0.1, 0.15) is 5.82 Å². The Morgan fingerprint density at radius 3 is 2.80 bits per heavy atom. The van der Waals surface area contributed by atoms with Gasteiger partial charge in [0.2, 0.25) is 5.88 Å². The van der Waals surface area contributed by atoms with Crippen molar-refractivity contribution in [1.82, 2.24) is 14.8 Å². The van der Waals surface area contributed by atoms with Crippen LogP contribution in [-0.4, -0.2) is 28.4 Å². The van der Waals surface area contributed by atoms with Crippen LogP contribution in [0.2, 0.25) is 0 Å². The van der Waals surface area contributed by atoms with Crippen LogP contribution < -0.4 is 15.8 Å². The number of methoxy groups -OCH3 is 1. The number of anilines is 2. The van der Waals surface area contributed by atoms with Crippen molar-refractivity contribution in [3.8, 4) is 5.88 Å². The van der Waals surface area contributed by atoms with Gasteiger partial charge >= 0.3 is 0 Å². The van der Waals surface area contributed by atoms with E-state index in [0.29, 0.717) is 11.6 Å². The van der Waals surface area contributed by atoms with Crippen molar-refractivity contribution in [1.29, 1.82) is 0 Å². The molecule has 0 saturated heterocycles. The molecule has 0 spiro atoms. The molecule has 0 amide bonds. The molecule has 0 fully saturated rings. The van der Waals surface area contributed by atoms with Crippen molar-refractivity contribution in [2.75, 3.05) is 24.7 Å². The lowest BCUT2D eigenvalue weighted by Crippen LogP contribution is -2.10. The van der Waals surface area contributed by atoms with Crippen LogP contribution in [-0.2, 0) is 6.54 Å². The first-order valence-electron chi connectivity index (χ1n) is 6.65. The molecule has 0 atom stereocenters. The maximum atomic E-state index is 5.72.